The van der Waals surface area contributed by atoms with Crippen molar-refractivity contribution in [1.82, 2.24) is 0 Å². The molecular weight excluding hydrogens is 232 g/mol. The summed E-state index contributed by atoms with van der Waals surface area (Å²) in [7, 11) is 0. The van der Waals surface area contributed by atoms with Gasteiger partial charge in [-0.2, -0.15) is 8.78 Å². The minimum atomic E-state index is -3.82. The molecule has 0 saturated heterocycles. The van der Waals surface area contributed by atoms with Gasteiger partial charge in [-0.1, -0.05) is 19.3 Å². The molecule has 17 heavy (non-hydrogen) atoms. The topological polar surface area (TPSA) is 83.5 Å². The summed E-state index contributed by atoms with van der Waals surface area (Å²) < 4.78 is 25.8. The van der Waals surface area contributed by atoms with E-state index in [1.807, 2.05) is 0 Å². The summed E-state index contributed by atoms with van der Waals surface area (Å²) >= 11 is 0. The molecule has 1 unspecified atom stereocenters. The standard InChI is InChI=1S/C11H19F2NO3/c12-10(13,9(15)16)6-7-11(14,17)8-4-2-1-3-5-8/h8,17H,1-7,14H2,(H,15,16). The Kier molecular flexibility index (Phi) is 4.43. The zero-order valence-corrected chi connectivity index (χ0v) is 9.66. The van der Waals surface area contributed by atoms with Crippen LogP contribution in [0.5, 0.6) is 0 Å². The second-order valence-corrected chi connectivity index (χ2v) is 4.84. The van der Waals surface area contributed by atoms with Gasteiger partial charge in [-0.3, -0.25) is 0 Å². The van der Waals surface area contributed by atoms with Crippen molar-refractivity contribution >= 4 is 5.97 Å². The highest BCUT2D eigenvalue weighted by atomic mass is 19.3. The molecule has 0 aromatic heterocycles. The second-order valence-electron chi connectivity index (χ2n) is 4.84. The van der Waals surface area contributed by atoms with E-state index in [1.165, 1.54) is 0 Å². The highest BCUT2D eigenvalue weighted by molar-refractivity contribution is 5.75. The quantitative estimate of drug-likeness (QED) is 0.649. The van der Waals surface area contributed by atoms with Gasteiger partial charge in [0.05, 0.1) is 0 Å². The van der Waals surface area contributed by atoms with Gasteiger partial charge in [0.25, 0.3) is 0 Å². The molecule has 1 fully saturated rings. The summed E-state index contributed by atoms with van der Waals surface area (Å²) in [5.41, 5.74) is 3.95. The largest absolute Gasteiger partial charge is 0.477 e. The van der Waals surface area contributed by atoms with E-state index >= 15 is 0 Å². The Labute approximate surface area is 98.8 Å². The smallest absolute Gasteiger partial charge is 0.374 e. The molecule has 0 aromatic carbocycles. The van der Waals surface area contributed by atoms with Gasteiger partial charge < -0.3 is 15.9 Å². The Morgan fingerprint density at radius 2 is 1.76 bits per heavy atom. The van der Waals surface area contributed by atoms with Gasteiger partial charge in [-0.05, 0) is 19.3 Å². The normalized spacial score (nSPS) is 22.1. The van der Waals surface area contributed by atoms with Gasteiger partial charge in [0.2, 0.25) is 0 Å². The number of aliphatic carboxylic acids is 1. The molecule has 4 nitrogen and oxygen atoms in total. The van der Waals surface area contributed by atoms with Crippen LogP contribution < -0.4 is 5.73 Å². The molecule has 1 rings (SSSR count). The average Bonchev–Trinajstić information content (AvgIpc) is 2.28. The van der Waals surface area contributed by atoms with Gasteiger partial charge >= 0.3 is 11.9 Å². The Morgan fingerprint density at radius 3 is 2.24 bits per heavy atom. The third-order valence-corrected chi connectivity index (χ3v) is 3.46. The third kappa shape index (κ3) is 3.89. The van der Waals surface area contributed by atoms with E-state index in [2.05, 4.69) is 0 Å². The molecule has 0 bridgehead atoms. The van der Waals surface area contributed by atoms with Crippen LogP contribution in [0.4, 0.5) is 8.78 Å². The van der Waals surface area contributed by atoms with Crippen molar-refractivity contribution in [2.75, 3.05) is 0 Å². The van der Waals surface area contributed by atoms with Gasteiger partial charge in [0, 0.05) is 12.3 Å². The van der Waals surface area contributed by atoms with Crippen molar-refractivity contribution in [3.05, 3.63) is 0 Å². The van der Waals surface area contributed by atoms with E-state index in [4.69, 9.17) is 10.8 Å². The van der Waals surface area contributed by atoms with Crippen LogP contribution in [-0.4, -0.2) is 27.8 Å². The molecule has 6 heteroatoms. The molecule has 1 saturated carbocycles. The first kappa shape index (κ1) is 14.3. The molecular formula is C11H19F2NO3. The van der Waals surface area contributed by atoms with Crippen LogP contribution in [0.1, 0.15) is 44.9 Å². The SMILES string of the molecule is NC(O)(CCC(F)(F)C(=O)O)C1CCCCC1. The Bertz CT molecular complexity index is 276. The highest BCUT2D eigenvalue weighted by Crippen LogP contribution is 2.34. The Morgan fingerprint density at radius 1 is 1.24 bits per heavy atom. The van der Waals surface area contributed by atoms with Crippen LogP contribution in [-0.2, 0) is 4.79 Å². The lowest BCUT2D eigenvalue weighted by molar-refractivity contribution is -0.168. The summed E-state index contributed by atoms with van der Waals surface area (Å²) in [5, 5.41) is 18.2. The number of aliphatic hydroxyl groups is 1. The maximum atomic E-state index is 12.9. The number of carboxylic acid groups (broad SMARTS) is 1. The fourth-order valence-electron chi connectivity index (χ4n) is 2.27. The summed E-state index contributed by atoms with van der Waals surface area (Å²) in [4.78, 5) is 10.2. The number of hydrogen-bond acceptors (Lipinski definition) is 3. The molecule has 0 spiro atoms. The van der Waals surface area contributed by atoms with Crippen molar-refractivity contribution in [3.63, 3.8) is 0 Å². The molecule has 1 aliphatic rings. The van der Waals surface area contributed by atoms with Crippen molar-refractivity contribution in [3.8, 4) is 0 Å². The molecule has 4 N–H and O–H groups in total. The molecule has 1 atom stereocenters. The molecule has 1 aliphatic carbocycles. The predicted molar refractivity (Wildman–Crippen MR) is 57.5 cm³/mol. The monoisotopic (exact) mass is 251 g/mol. The van der Waals surface area contributed by atoms with E-state index in [-0.39, 0.29) is 5.92 Å². The summed E-state index contributed by atoms with van der Waals surface area (Å²) in [6, 6.07) is 0. The average molecular weight is 251 g/mol. The van der Waals surface area contributed by atoms with Crippen molar-refractivity contribution < 1.29 is 23.8 Å². The van der Waals surface area contributed by atoms with E-state index in [0.29, 0.717) is 12.8 Å². The van der Waals surface area contributed by atoms with Gasteiger partial charge in [-0.25, -0.2) is 4.79 Å². The number of nitrogens with two attached hydrogens (primary N) is 1. The van der Waals surface area contributed by atoms with E-state index < -0.39 is 30.5 Å². The number of rotatable bonds is 5. The summed E-state index contributed by atoms with van der Waals surface area (Å²) in [6.45, 7) is 0. The molecule has 100 valence electrons. The Balaban J connectivity index is 2.51. The van der Waals surface area contributed by atoms with Crippen LogP contribution >= 0.6 is 0 Å². The Hall–Kier alpha value is -0.750. The second kappa shape index (κ2) is 5.27. The minimum absolute atomic E-state index is 0.208. The maximum absolute atomic E-state index is 12.9. The third-order valence-electron chi connectivity index (χ3n) is 3.46. The highest BCUT2D eigenvalue weighted by Gasteiger charge is 2.42. The first-order chi connectivity index (χ1) is 7.76. The molecule has 0 aromatic rings. The minimum Gasteiger partial charge on any atom is -0.477 e. The number of carboxylic acids is 1. The predicted octanol–water partition coefficient (Wildman–Crippen LogP) is 1.71. The van der Waals surface area contributed by atoms with Crippen molar-refractivity contribution in [1.29, 1.82) is 0 Å². The number of carbonyl (C=O) groups is 1. The first-order valence-corrected chi connectivity index (χ1v) is 5.88. The van der Waals surface area contributed by atoms with Gasteiger partial charge in [-0.15, -0.1) is 0 Å². The fourth-order valence-corrected chi connectivity index (χ4v) is 2.27. The number of hydrogen-bond donors (Lipinski definition) is 3. The summed E-state index contributed by atoms with van der Waals surface area (Å²) in [5.74, 6) is -6.19. The van der Waals surface area contributed by atoms with Crippen LogP contribution in [0.3, 0.4) is 0 Å². The summed E-state index contributed by atoms with van der Waals surface area (Å²) in [6.07, 6.45) is 3.04. The number of alkyl halides is 2. The van der Waals surface area contributed by atoms with E-state index in [9.17, 15) is 18.7 Å². The maximum Gasteiger partial charge on any atom is 0.374 e. The van der Waals surface area contributed by atoms with Crippen LogP contribution in [0.2, 0.25) is 0 Å². The molecule has 0 heterocycles. The van der Waals surface area contributed by atoms with Crippen molar-refractivity contribution in [2.45, 2.75) is 56.6 Å². The zero-order chi connectivity index (χ0) is 13.1. The van der Waals surface area contributed by atoms with Crippen LogP contribution in [0.25, 0.3) is 0 Å². The number of halogens is 2. The fraction of sp³-hybridized carbons (Fsp3) is 0.909. The lowest BCUT2D eigenvalue weighted by Gasteiger charge is -2.35. The van der Waals surface area contributed by atoms with E-state index in [0.717, 1.165) is 19.3 Å². The van der Waals surface area contributed by atoms with E-state index in [1.54, 1.807) is 0 Å². The lowest BCUT2D eigenvalue weighted by Crippen LogP contribution is -2.49. The van der Waals surface area contributed by atoms with Crippen LogP contribution in [0.15, 0.2) is 0 Å². The van der Waals surface area contributed by atoms with Crippen molar-refractivity contribution in [2.24, 2.45) is 11.7 Å². The van der Waals surface area contributed by atoms with Gasteiger partial charge in [0.15, 0.2) is 0 Å². The molecule has 0 aliphatic heterocycles. The zero-order valence-electron chi connectivity index (χ0n) is 9.66. The molecule has 0 amide bonds. The molecule has 0 radical (unpaired) electrons. The first-order valence-electron chi connectivity index (χ1n) is 5.88. The van der Waals surface area contributed by atoms with Gasteiger partial charge in [0.1, 0.15) is 5.72 Å². The van der Waals surface area contributed by atoms with Crippen LogP contribution in [0, 0.1) is 5.92 Å². The lowest BCUT2D eigenvalue weighted by atomic mass is 9.79.